The smallest absolute Gasteiger partial charge is 0.210 e. The highest BCUT2D eigenvalue weighted by Crippen LogP contribution is 2.27. The molecule has 1 N–H and O–H groups in total. The molecule has 1 aromatic rings. The Morgan fingerprint density at radius 2 is 2.29 bits per heavy atom. The van der Waals surface area contributed by atoms with Crippen LogP contribution in [0.5, 0.6) is 0 Å². The van der Waals surface area contributed by atoms with Crippen LogP contribution < -0.4 is 4.72 Å². The number of rotatable bonds is 7. The number of nitrogens with one attached hydrogen (secondary N) is 1. The summed E-state index contributed by atoms with van der Waals surface area (Å²) in [4.78, 5) is 0. The van der Waals surface area contributed by atoms with Crippen LogP contribution in [0.25, 0.3) is 0 Å². The third-order valence-electron chi connectivity index (χ3n) is 2.26. The summed E-state index contributed by atoms with van der Waals surface area (Å²) >= 11 is 10.1. The zero-order valence-corrected chi connectivity index (χ0v) is 13.4. The molecule has 17 heavy (non-hydrogen) atoms. The van der Waals surface area contributed by atoms with Crippen LogP contribution in [0.15, 0.2) is 20.1 Å². The van der Waals surface area contributed by atoms with Gasteiger partial charge in [0, 0.05) is 16.9 Å². The first-order valence-corrected chi connectivity index (χ1v) is 8.95. The number of hydrogen-bond acceptors (Lipinski definition) is 3. The van der Waals surface area contributed by atoms with Crippen molar-refractivity contribution >= 4 is 48.9 Å². The molecular weight excluding hydrogens is 346 g/mol. The van der Waals surface area contributed by atoms with E-state index in [9.17, 15) is 8.42 Å². The maximum atomic E-state index is 11.9. The van der Waals surface area contributed by atoms with Crippen molar-refractivity contribution in [3.05, 3.63) is 15.9 Å². The van der Waals surface area contributed by atoms with E-state index in [2.05, 4.69) is 27.6 Å². The van der Waals surface area contributed by atoms with Crippen molar-refractivity contribution in [2.75, 3.05) is 12.4 Å². The summed E-state index contributed by atoms with van der Waals surface area (Å²) in [6.45, 7) is 2.51. The van der Waals surface area contributed by atoms with Crippen LogP contribution >= 0.6 is 38.9 Å². The molecule has 1 heterocycles. The predicted octanol–water partition coefficient (Wildman–Crippen LogP) is 3.44. The third-order valence-corrected chi connectivity index (χ3v) is 6.92. The lowest BCUT2D eigenvalue weighted by molar-refractivity contribution is 0.544. The molecule has 0 fully saturated rings. The molecule has 0 amide bonds. The lowest BCUT2D eigenvalue weighted by Gasteiger charge is -2.08. The van der Waals surface area contributed by atoms with E-state index in [1.807, 2.05) is 0 Å². The van der Waals surface area contributed by atoms with Crippen molar-refractivity contribution in [2.45, 2.75) is 24.0 Å². The Kier molecular flexibility index (Phi) is 6.44. The van der Waals surface area contributed by atoms with E-state index in [0.29, 0.717) is 27.0 Å². The second-order valence-electron chi connectivity index (χ2n) is 3.86. The quantitative estimate of drug-likeness (QED) is 0.598. The van der Waals surface area contributed by atoms with Gasteiger partial charge in [0.2, 0.25) is 0 Å². The van der Waals surface area contributed by atoms with Crippen LogP contribution in [0.4, 0.5) is 0 Å². The van der Waals surface area contributed by atoms with Crippen LogP contribution in [0, 0.1) is 5.92 Å². The molecule has 0 spiro atoms. The van der Waals surface area contributed by atoms with Gasteiger partial charge in [-0.15, -0.1) is 22.9 Å². The fourth-order valence-electron chi connectivity index (χ4n) is 1.27. The van der Waals surface area contributed by atoms with Crippen LogP contribution in [-0.2, 0) is 10.0 Å². The Morgan fingerprint density at radius 1 is 1.59 bits per heavy atom. The van der Waals surface area contributed by atoms with Gasteiger partial charge in [0.1, 0.15) is 4.21 Å². The summed E-state index contributed by atoms with van der Waals surface area (Å²) in [6, 6.07) is 1.73. The zero-order chi connectivity index (χ0) is 12.9. The predicted molar refractivity (Wildman–Crippen MR) is 76.3 cm³/mol. The molecule has 0 radical (unpaired) electrons. The molecule has 1 unspecified atom stereocenters. The van der Waals surface area contributed by atoms with Crippen molar-refractivity contribution < 1.29 is 8.42 Å². The highest BCUT2D eigenvalue weighted by molar-refractivity contribution is 9.10. The van der Waals surface area contributed by atoms with Gasteiger partial charge >= 0.3 is 0 Å². The average molecular weight is 361 g/mol. The molecule has 0 aliphatic heterocycles. The number of hydrogen-bond donors (Lipinski definition) is 1. The Labute approximate surface area is 120 Å². The molecular formula is C10H15BrClNO2S2. The molecule has 7 heteroatoms. The number of alkyl halides is 1. The van der Waals surface area contributed by atoms with E-state index in [-0.39, 0.29) is 0 Å². The van der Waals surface area contributed by atoms with E-state index < -0.39 is 10.0 Å². The molecule has 0 aliphatic carbocycles. The van der Waals surface area contributed by atoms with E-state index in [4.69, 9.17) is 11.6 Å². The first-order chi connectivity index (χ1) is 7.97. The summed E-state index contributed by atoms with van der Waals surface area (Å²) in [5.41, 5.74) is 0. The highest BCUT2D eigenvalue weighted by Gasteiger charge is 2.18. The van der Waals surface area contributed by atoms with Crippen LogP contribution in [0.3, 0.4) is 0 Å². The first-order valence-electron chi connectivity index (χ1n) is 5.26. The molecule has 0 saturated heterocycles. The second kappa shape index (κ2) is 7.09. The maximum Gasteiger partial charge on any atom is 0.251 e. The summed E-state index contributed by atoms with van der Waals surface area (Å²) in [5, 5.41) is 1.74. The maximum absolute atomic E-state index is 11.9. The lowest BCUT2D eigenvalue weighted by atomic mass is 10.1. The van der Waals surface area contributed by atoms with Gasteiger partial charge in [-0.25, -0.2) is 13.1 Å². The topological polar surface area (TPSA) is 46.2 Å². The summed E-state index contributed by atoms with van der Waals surface area (Å²) < 4.78 is 27.3. The van der Waals surface area contributed by atoms with Gasteiger partial charge < -0.3 is 0 Å². The van der Waals surface area contributed by atoms with Gasteiger partial charge in [-0.3, -0.25) is 0 Å². The van der Waals surface area contributed by atoms with E-state index >= 15 is 0 Å². The van der Waals surface area contributed by atoms with Crippen molar-refractivity contribution in [1.29, 1.82) is 0 Å². The molecule has 98 valence electrons. The number of thiophene rings is 1. The highest BCUT2D eigenvalue weighted by atomic mass is 79.9. The summed E-state index contributed by atoms with van der Waals surface area (Å²) in [5.74, 6) is 1.04. The molecule has 3 nitrogen and oxygen atoms in total. The van der Waals surface area contributed by atoms with Crippen molar-refractivity contribution in [3.8, 4) is 0 Å². The molecule has 1 rings (SSSR count). The Hall–Kier alpha value is 0.380. The van der Waals surface area contributed by atoms with Gasteiger partial charge in [-0.05, 0) is 46.1 Å². The van der Waals surface area contributed by atoms with Gasteiger partial charge in [-0.1, -0.05) is 6.92 Å². The molecule has 1 aromatic heterocycles. The van der Waals surface area contributed by atoms with Crippen LogP contribution in [0.1, 0.15) is 19.8 Å². The minimum absolute atomic E-state index is 0.336. The standard InChI is InChI=1S/C10H15BrClNO2S2/c1-8(7-12)3-2-5-13-17(14,15)10-9(11)4-6-16-10/h4,6,8,13H,2-3,5,7H2,1H3. The Morgan fingerprint density at radius 3 is 2.82 bits per heavy atom. The van der Waals surface area contributed by atoms with Gasteiger partial charge in [0.05, 0.1) is 0 Å². The van der Waals surface area contributed by atoms with Gasteiger partial charge in [-0.2, -0.15) is 0 Å². The largest absolute Gasteiger partial charge is 0.251 e. The molecule has 1 atom stereocenters. The van der Waals surface area contributed by atoms with Crippen molar-refractivity contribution in [1.82, 2.24) is 4.72 Å². The van der Waals surface area contributed by atoms with Crippen molar-refractivity contribution in [3.63, 3.8) is 0 Å². The summed E-state index contributed by atoms with van der Waals surface area (Å²) in [6.07, 6.45) is 1.73. The first kappa shape index (κ1) is 15.4. The fraction of sp³-hybridized carbons (Fsp3) is 0.600. The van der Waals surface area contributed by atoms with E-state index in [1.54, 1.807) is 11.4 Å². The Balaban J connectivity index is 2.44. The third kappa shape index (κ3) is 4.87. The molecule has 0 bridgehead atoms. The number of sulfonamides is 1. The zero-order valence-electron chi connectivity index (χ0n) is 9.45. The molecule has 0 aliphatic rings. The average Bonchev–Trinajstić information content (AvgIpc) is 2.71. The summed E-state index contributed by atoms with van der Waals surface area (Å²) in [7, 11) is -3.36. The second-order valence-corrected chi connectivity index (χ2v) is 7.90. The normalized spacial score (nSPS) is 13.8. The molecule has 0 aromatic carbocycles. The van der Waals surface area contributed by atoms with Crippen LogP contribution in [-0.4, -0.2) is 20.8 Å². The minimum atomic E-state index is -3.36. The van der Waals surface area contributed by atoms with Gasteiger partial charge in [0.15, 0.2) is 0 Å². The SMILES string of the molecule is CC(CCl)CCCNS(=O)(=O)c1sccc1Br. The number of halogens is 2. The lowest BCUT2D eigenvalue weighted by Crippen LogP contribution is -2.24. The van der Waals surface area contributed by atoms with Crippen LogP contribution in [0.2, 0.25) is 0 Å². The van der Waals surface area contributed by atoms with E-state index in [0.717, 1.165) is 12.8 Å². The van der Waals surface area contributed by atoms with Gasteiger partial charge in [0.25, 0.3) is 10.0 Å². The molecule has 0 saturated carbocycles. The van der Waals surface area contributed by atoms with E-state index in [1.165, 1.54) is 11.3 Å². The monoisotopic (exact) mass is 359 g/mol. The Bertz CT molecular complexity index is 447. The van der Waals surface area contributed by atoms with Crippen molar-refractivity contribution in [2.24, 2.45) is 5.92 Å². The minimum Gasteiger partial charge on any atom is -0.210 e. The fourth-order valence-corrected chi connectivity index (χ4v) is 4.88.